The molecular formula is C33H50. The van der Waals surface area contributed by atoms with E-state index in [0.29, 0.717) is 0 Å². The summed E-state index contributed by atoms with van der Waals surface area (Å²) in [7, 11) is 0. The number of unbranched alkanes of at least 4 members (excludes halogenated alkanes) is 1. The van der Waals surface area contributed by atoms with Crippen molar-refractivity contribution in [2.45, 2.75) is 102 Å². The van der Waals surface area contributed by atoms with Gasteiger partial charge in [-0.3, -0.25) is 0 Å². The Hall–Kier alpha value is -2.34. The van der Waals surface area contributed by atoms with Crippen molar-refractivity contribution in [2.24, 2.45) is 0 Å². The van der Waals surface area contributed by atoms with Crippen molar-refractivity contribution in [2.75, 3.05) is 0 Å². The molecule has 0 nitrogen and oxygen atoms in total. The van der Waals surface area contributed by atoms with Crippen LogP contribution in [0.5, 0.6) is 0 Å². The van der Waals surface area contributed by atoms with Crippen molar-refractivity contribution in [3.8, 4) is 0 Å². The van der Waals surface area contributed by atoms with Crippen LogP contribution < -0.4 is 0 Å². The Labute approximate surface area is 206 Å². The van der Waals surface area contributed by atoms with Crippen LogP contribution in [0.2, 0.25) is 0 Å². The quantitative estimate of drug-likeness (QED) is 0.400. The molecule has 0 radical (unpaired) electrons. The van der Waals surface area contributed by atoms with E-state index in [4.69, 9.17) is 0 Å². The molecule has 2 aromatic carbocycles. The van der Waals surface area contributed by atoms with Gasteiger partial charge in [0.1, 0.15) is 0 Å². The van der Waals surface area contributed by atoms with Crippen molar-refractivity contribution < 1.29 is 0 Å². The van der Waals surface area contributed by atoms with Gasteiger partial charge in [-0.1, -0.05) is 107 Å². The van der Waals surface area contributed by atoms with Gasteiger partial charge in [0.05, 0.1) is 0 Å². The largest absolute Gasteiger partial charge is 0.0686 e. The molecule has 0 aliphatic rings. The number of aryl methyl sites for hydroxylation is 1. The molecule has 0 heteroatoms. The van der Waals surface area contributed by atoms with Crippen molar-refractivity contribution in [1.82, 2.24) is 0 Å². The van der Waals surface area contributed by atoms with Crippen LogP contribution in [0.3, 0.4) is 0 Å². The zero-order valence-corrected chi connectivity index (χ0v) is 23.7. The third-order valence-electron chi connectivity index (χ3n) is 6.05. The maximum Gasteiger partial charge on any atom is -0.0121 e. The zero-order chi connectivity index (χ0) is 25.6. The molecule has 0 amide bonds. The molecule has 0 atom stereocenters. The van der Waals surface area contributed by atoms with E-state index in [1.165, 1.54) is 74.9 Å². The minimum absolute atomic E-state index is 1.23. The van der Waals surface area contributed by atoms with Crippen LogP contribution in [0.25, 0.3) is 11.6 Å². The molecule has 0 aromatic heterocycles. The standard InChI is InChI=1S/C26H32.C4H10.C3H8/c1-17(2)25(12-10-9-11-24-15-13-18(3)14-16-24)26-22(7)20(5)19(4)21(6)23(26)8;1-3-4-2;1-3-2/h9-16H,1-8H3;3-4H2,1-2H3;3H2,1-2H3/b11-9+,12-10+;;. The normalized spacial score (nSPS) is 10.5. The molecule has 33 heavy (non-hydrogen) atoms. The van der Waals surface area contributed by atoms with Crippen LogP contribution in [0, 0.1) is 41.5 Å². The third-order valence-corrected chi connectivity index (χ3v) is 6.05. The molecule has 0 fully saturated rings. The molecule has 2 rings (SSSR count). The maximum absolute atomic E-state index is 2.25. The molecule has 182 valence electrons. The summed E-state index contributed by atoms with van der Waals surface area (Å²) in [5.41, 5.74) is 13.6. The number of hydrogen-bond donors (Lipinski definition) is 0. The van der Waals surface area contributed by atoms with Gasteiger partial charge >= 0.3 is 0 Å². The van der Waals surface area contributed by atoms with Crippen molar-refractivity contribution in [3.63, 3.8) is 0 Å². The van der Waals surface area contributed by atoms with E-state index in [0.717, 1.165) is 0 Å². The van der Waals surface area contributed by atoms with Crippen LogP contribution in [0.1, 0.15) is 105 Å². The van der Waals surface area contributed by atoms with Crippen LogP contribution in [0.4, 0.5) is 0 Å². The monoisotopic (exact) mass is 446 g/mol. The molecule has 0 unspecified atom stereocenters. The molecular weight excluding hydrogens is 396 g/mol. The summed E-state index contributed by atoms with van der Waals surface area (Å²) in [5.74, 6) is 0. The number of allylic oxidation sites excluding steroid dienone is 5. The second-order valence-electron chi connectivity index (χ2n) is 9.25. The smallest absolute Gasteiger partial charge is 0.0121 e. The van der Waals surface area contributed by atoms with Crippen LogP contribution in [-0.2, 0) is 0 Å². The van der Waals surface area contributed by atoms with E-state index in [1.54, 1.807) is 0 Å². The first-order chi connectivity index (χ1) is 15.6. The van der Waals surface area contributed by atoms with Gasteiger partial charge in [0.25, 0.3) is 0 Å². The van der Waals surface area contributed by atoms with Crippen molar-refractivity contribution >= 4 is 11.6 Å². The number of benzene rings is 2. The highest BCUT2D eigenvalue weighted by atomic mass is 14.2. The zero-order valence-electron chi connectivity index (χ0n) is 23.7. The summed E-state index contributed by atoms with van der Waals surface area (Å²) in [5, 5.41) is 0. The van der Waals surface area contributed by atoms with E-state index in [2.05, 4.69) is 132 Å². The number of rotatable bonds is 5. The second kappa shape index (κ2) is 16.3. The highest BCUT2D eigenvalue weighted by molar-refractivity contribution is 5.82. The molecule has 2 aromatic rings. The Bertz CT molecular complexity index is 896. The minimum atomic E-state index is 1.23. The lowest BCUT2D eigenvalue weighted by molar-refractivity contribution is 0.886. The third kappa shape index (κ3) is 9.99. The highest BCUT2D eigenvalue weighted by Gasteiger charge is 2.14. The fourth-order valence-corrected chi connectivity index (χ4v) is 3.40. The van der Waals surface area contributed by atoms with Crippen LogP contribution >= 0.6 is 0 Å². The van der Waals surface area contributed by atoms with Crippen molar-refractivity contribution in [3.05, 3.63) is 92.6 Å². The van der Waals surface area contributed by atoms with E-state index in [1.807, 2.05) is 0 Å². The summed E-state index contributed by atoms with van der Waals surface area (Å²) in [6.45, 7) is 26.3. The van der Waals surface area contributed by atoms with Crippen LogP contribution in [0.15, 0.2) is 48.1 Å². The highest BCUT2D eigenvalue weighted by Crippen LogP contribution is 2.33. The summed E-state index contributed by atoms with van der Waals surface area (Å²) < 4.78 is 0. The second-order valence-corrected chi connectivity index (χ2v) is 9.25. The molecule has 0 bridgehead atoms. The van der Waals surface area contributed by atoms with Gasteiger partial charge in [0, 0.05) is 0 Å². The molecule has 0 N–H and O–H groups in total. The summed E-state index contributed by atoms with van der Waals surface area (Å²) in [6.07, 6.45) is 12.6. The average Bonchev–Trinajstić information content (AvgIpc) is 2.79. The van der Waals surface area contributed by atoms with Gasteiger partial charge in [0.2, 0.25) is 0 Å². The summed E-state index contributed by atoms with van der Waals surface area (Å²) in [6, 6.07) is 8.61. The fraction of sp³-hybridized carbons (Fsp3) is 0.455. The van der Waals surface area contributed by atoms with Gasteiger partial charge in [0.15, 0.2) is 0 Å². The topological polar surface area (TPSA) is 0 Å². The summed E-state index contributed by atoms with van der Waals surface area (Å²) in [4.78, 5) is 0. The first kappa shape index (κ1) is 30.7. The van der Waals surface area contributed by atoms with E-state index >= 15 is 0 Å². The summed E-state index contributed by atoms with van der Waals surface area (Å²) >= 11 is 0. The van der Waals surface area contributed by atoms with Crippen molar-refractivity contribution in [1.29, 1.82) is 0 Å². The van der Waals surface area contributed by atoms with Gasteiger partial charge in [-0.25, -0.2) is 0 Å². The predicted molar refractivity (Wildman–Crippen MR) is 154 cm³/mol. The van der Waals surface area contributed by atoms with Gasteiger partial charge in [-0.2, -0.15) is 0 Å². The van der Waals surface area contributed by atoms with E-state index in [-0.39, 0.29) is 0 Å². The molecule has 0 aliphatic heterocycles. The Morgan fingerprint density at radius 2 is 1.06 bits per heavy atom. The van der Waals surface area contributed by atoms with E-state index < -0.39 is 0 Å². The maximum atomic E-state index is 2.25. The fourth-order valence-electron chi connectivity index (χ4n) is 3.40. The Balaban J connectivity index is 0.00000129. The minimum Gasteiger partial charge on any atom is -0.0686 e. The molecule has 0 aliphatic carbocycles. The van der Waals surface area contributed by atoms with Gasteiger partial charge in [-0.15, -0.1) is 0 Å². The van der Waals surface area contributed by atoms with Gasteiger partial charge < -0.3 is 0 Å². The lowest BCUT2D eigenvalue weighted by atomic mass is 9.84. The predicted octanol–water partition coefficient (Wildman–Crippen LogP) is 10.8. The van der Waals surface area contributed by atoms with E-state index in [9.17, 15) is 0 Å². The first-order valence-corrected chi connectivity index (χ1v) is 12.7. The lowest BCUT2D eigenvalue weighted by Gasteiger charge is -2.20. The molecule has 0 saturated heterocycles. The Morgan fingerprint density at radius 3 is 1.45 bits per heavy atom. The van der Waals surface area contributed by atoms with Crippen LogP contribution in [-0.4, -0.2) is 0 Å². The Morgan fingerprint density at radius 1 is 0.636 bits per heavy atom. The molecule has 0 saturated carbocycles. The lowest BCUT2D eigenvalue weighted by Crippen LogP contribution is -2.02. The number of hydrogen-bond acceptors (Lipinski definition) is 0. The average molecular weight is 447 g/mol. The molecule has 0 spiro atoms. The van der Waals surface area contributed by atoms with Gasteiger partial charge in [-0.05, 0) is 99.9 Å². The first-order valence-electron chi connectivity index (χ1n) is 12.7. The SMILES string of the molecule is CC(C)=C(/C=C/C=C/c1ccc(C)cc1)c1c(C)c(C)c(C)c(C)c1C.CCC.CCCC. The molecule has 0 heterocycles. The Kier molecular flexibility index (Phi) is 15.1.